The first-order valence-electron chi connectivity index (χ1n) is 9.17. The van der Waals surface area contributed by atoms with E-state index in [2.05, 4.69) is 15.0 Å². The number of imidazole rings is 1. The molecule has 1 aromatic carbocycles. The Kier molecular flexibility index (Phi) is 5.48. The molecule has 10 heteroatoms. The molecule has 0 bridgehead atoms. The van der Waals surface area contributed by atoms with E-state index in [0.29, 0.717) is 23.5 Å². The van der Waals surface area contributed by atoms with Gasteiger partial charge in [0.05, 0.1) is 18.3 Å². The molecule has 0 aliphatic carbocycles. The highest BCUT2D eigenvalue weighted by Gasteiger charge is 2.35. The molecule has 2 aromatic heterocycles. The van der Waals surface area contributed by atoms with Crippen LogP contribution < -0.4 is 0 Å². The van der Waals surface area contributed by atoms with Crippen LogP contribution in [-0.2, 0) is 17.8 Å². The van der Waals surface area contributed by atoms with Gasteiger partial charge in [0.1, 0.15) is 17.3 Å². The molecule has 0 saturated heterocycles. The Morgan fingerprint density at radius 1 is 1.23 bits per heavy atom. The average molecular weight is 434 g/mol. The maximum Gasteiger partial charge on any atom is 0.290 e. The minimum Gasteiger partial charge on any atom is -0.382 e. The van der Waals surface area contributed by atoms with Crippen LogP contribution in [0.25, 0.3) is 11.4 Å². The molecule has 3 heterocycles. The SMILES string of the molecule is COC[C@H]1Cn2cc(-c3nc(Cl)ncc3C)nc2C(=O)N1Cc1cc(F)cc(F)c1. The van der Waals surface area contributed by atoms with Gasteiger partial charge in [0.15, 0.2) is 5.82 Å². The number of halogens is 3. The number of methoxy groups -OCH3 is 1. The third kappa shape index (κ3) is 3.90. The Morgan fingerprint density at radius 3 is 2.67 bits per heavy atom. The lowest BCUT2D eigenvalue weighted by Crippen LogP contribution is -2.49. The molecule has 1 aliphatic heterocycles. The summed E-state index contributed by atoms with van der Waals surface area (Å²) >= 11 is 5.92. The Morgan fingerprint density at radius 2 is 1.97 bits per heavy atom. The molecule has 0 radical (unpaired) electrons. The molecule has 0 fully saturated rings. The van der Waals surface area contributed by atoms with E-state index in [-0.39, 0.29) is 36.2 Å². The number of aromatic nitrogens is 4. The molecular formula is C20H18ClF2N5O2. The summed E-state index contributed by atoms with van der Waals surface area (Å²) in [6, 6.07) is 2.87. The van der Waals surface area contributed by atoms with Gasteiger partial charge in [-0.15, -0.1) is 0 Å². The third-order valence-corrected chi connectivity index (χ3v) is 5.08. The predicted octanol–water partition coefficient (Wildman–Crippen LogP) is 3.25. The van der Waals surface area contributed by atoms with Crippen molar-refractivity contribution < 1.29 is 18.3 Å². The van der Waals surface area contributed by atoms with E-state index in [1.165, 1.54) is 24.1 Å². The summed E-state index contributed by atoms with van der Waals surface area (Å²) in [7, 11) is 1.53. The summed E-state index contributed by atoms with van der Waals surface area (Å²) < 4.78 is 34.2. The smallest absolute Gasteiger partial charge is 0.290 e. The van der Waals surface area contributed by atoms with Crippen LogP contribution in [0.2, 0.25) is 5.28 Å². The number of ether oxygens (including phenoxy) is 1. The molecule has 0 saturated carbocycles. The van der Waals surface area contributed by atoms with Crippen molar-refractivity contribution in [2.45, 2.75) is 26.1 Å². The highest BCUT2D eigenvalue weighted by molar-refractivity contribution is 6.28. The first-order chi connectivity index (χ1) is 14.4. The fourth-order valence-electron chi connectivity index (χ4n) is 3.57. The van der Waals surface area contributed by atoms with Crippen molar-refractivity contribution in [3.63, 3.8) is 0 Å². The first kappa shape index (κ1) is 20.4. The van der Waals surface area contributed by atoms with E-state index in [0.717, 1.165) is 11.6 Å². The number of hydrogen-bond acceptors (Lipinski definition) is 5. The fourth-order valence-corrected chi connectivity index (χ4v) is 3.71. The number of nitrogens with zero attached hydrogens (tertiary/aromatic N) is 5. The molecule has 156 valence electrons. The Balaban J connectivity index is 1.70. The van der Waals surface area contributed by atoms with Gasteiger partial charge in [0.2, 0.25) is 5.28 Å². The van der Waals surface area contributed by atoms with Gasteiger partial charge in [-0.2, -0.15) is 0 Å². The van der Waals surface area contributed by atoms with Crippen molar-refractivity contribution in [2.75, 3.05) is 13.7 Å². The summed E-state index contributed by atoms with van der Waals surface area (Å²) in [5, 5.41) is 0.0833. The quantitative estimate of drug-likeness (QED) is 0.577. The van der Waals surface area contributed by atoms with Gasteiger partial charge in [-0.3, -0.25) is 4.79 Å². The van der Waals surface area contributed by atoms with E-state index < -0.39 is 11.6 Å². The van der Waals surface area contributed by atoms with Crippen LogP contribution in [0.3, 0.4) is 0 Å². The van der Waals surface area contributed by atoms with Crippen LogP contribution in [0.5, 0.6) is 0 Å². The molecular weight excluding hydrogens is 416 g/mol. The minimum atomic E-state index is -0.697. The van der Waals surface area contributed by atoms with Gasteiger partial charge >= 0.3 is 0 Å². The molecule has 4 rings (SSSR count). The normalized spacial score (nSPS) is 16.1. The monoisotopic (exact) mass is 433 g/mol. The molecule has 7 nitrogen and oxygen atoms in total. The van der Waals surface area contributed by atoms with E-state index in [9.17, 15) is 13.6 Å². The van der Waals surface area contributed by atoms with Crippen LogP contribution in [0.1, 0.15) is 21.7 Å². The zero-order valence-corrected chi connectivity index (χ0v) is 17.0. The number of hydrogen-bond donors (Lipinski definition) is 0. The van der Waals surface area contributed by atoms with Crippen LogP contribution in [0.4, 0.5) is 8.78 Å². The maximum atomic E-state index is 13.6. The average Bonchev–Trinajstić information content (AvgIpc) is 3.10. The first-order valence-corrected chi connectivity index (χ1v) is 9.55. The zero-order valence-electron chi connectivity index (χ0n) is 16.3. The van der Waals surface area contributed by atoms with Crippen LogP contribution in [0.15, 0.2) is 30.6 Å². The van der Waals surface area contributed by atoms with Crippen LogP contribution >= 0.6 is 11.6 Å². The van der Waals surface area contributed by atoms with E-state index in [4.69, 9.17) is 16.3 Å². The van der Waals surface area contributed by atoms with Crippen molar-refractivity contribution in [1.82, 2.24) is 24.4 Å². The predicted molar refractivity (Wildman–Crippen MR) is 105 cm³/mol. The molecule has 1 amide bonds. The van der Waals surface area contributed by atoms with Crippen molar-refractivity contribution in [3.8, 4) is 11.4 Å². The second-order valence-electron chi connectivity index (χ2n) is 7.09. The fraction of sp³-hybridized carbons (Fsp3) is 0.300. The topological polar surface area (TPSA) is 73.1 Å². The maximum absolute atomic E-state index is 13.6. The number of benzene rings is 1. The lowest BCUT2D eigenvalue weighted by Gasteiger charge is -2.35. The second kappa shape index (κ2) is 8.08. The molecule has 30 heavy (non-hydrogen) atoms. The van der Waals surface area contributed by atoms with Gasteiger partial charge in [-0.05, 0) is 41.8 Å². The molecule has 0 unspecified atom stereocenters. The highest BCUT2D eigenvalue weighted by atomic mass is 35.5. The Bertz CT molecular complexity index is 1100. The van der Waals surface area contributed by atoms with Crippen LogP contribution in [0, 0.1) is 18.6 Å². The highest BCUT2D eigenvalue weighted by Crippen LogP contribution is 2.26. The van der Waals surface area contributed by atoms with Gasteiger partial charge in [-0.25, -0.2) is 23.7 Å². The van der Waals surface area contributed by atoms with E-state index in [1.807, 2.05) is 6.92 Å². The largest absolute Gasteiger partial charge is 0.382 e. The van der Waals surface area contributed by atoms with Crippen molar-refractivity contribution in [2.24, 2.45) is 0 Å². The van der Waals surface area contributed by atoms with Crippen LogP contribution in [-0.4, -0.2) is 50.1 Å². The molecule has 0 spiro atoms. The summed E-state index contributed by atoms with van der Waals surface area (Å²) in [6.45, 7) is 2.53. The molecule has 1 aliphatic rings. The van der Waals surface area contributed by atoms with Gasteiger partial charge in [0, 0.05) is 38.7 Å². The number of rotatable bonds is 5. The lowest BCUT2D eigenvalue weighted by molar-refractivity contribution is 0.0379. The number of amides is 1. The Labute approximate surface area is 176 Å². The lowest BCUT2D eigenvalue weighted by atomic mass is 10.1. The molecule has 3 aromatic rings. The number of carbonyl (C=O) groups is 1. The number of aryl methyl sites for hydroxylation is 1. The molecule has 0 N–H and O–H groups in total. The Hall–Kier alpha value is -2.91. The second-order valence-corrected chi connectivity index (χ2v) is 7.43. The number of carbonyl (C=O) groups excluding carboxylic acids is 1. The van der Waals surface area contributed by atoms with E-state index >= 15 is 0 Å². The third-order valence-electron chi connectivity index (χ3n) is 4.90. The molecule has 1 atom stereocenters. The standard InChI is InChI=1S/C20H18ClF2N5O2/c1-11-6-24-20(21)26-17(11)16-9-27-8-15(10-30-2)28(19(29)18(27)25-16)7-12-3-13(22)5-14(23)4-12/h3-6,9,15H,7-8,10H2,1-2H3/t15-/m1/s1. The summed E-state index contributed by atoms with van der Waals surface area (Å²) in [6.07, 6.45) is 3.32. The van der Waals surface area contributed by atoms with Crippen molar-refractivity contribution in [1.29, 1.82) is 0 Å². The van der Waals surface area contributed by atoms with Crippen molar-refractivity contribution in [3.05, 3.63) is 64.5 Å². The summed E-state index contributed by atoms with van der Waals surface area (Å²) in [5.74, 6) is -1.55. The van der Waals surface area contributed by atoms with Crippen molar-refractivity contribution >= 4 is 17.5 Å². The van der Waals surface area contributed by atoms with E-state index in [1.54, 1.807) is 17.0 Å². The zero-order chi connectivity index (χ0) is 21.4. The summed E-state index contributed by atoms with van der Waals surface area (Å²) in [4.78, 5) is 27.3. The summed E-state index contributed by atoms with van der Waals surface area (Å²) in [5.41, 5.74) is 2.14. The minimum absolute atomic E-state index is 0.0299. The van der Waals surface area contributed by atoms with Gasteiger partial charge < -0.3 is 14.2 Å². The number of fused-ring (bicyclic) bond motifs is 1. The van der Waals surface area contributed by atoms with Gasteiger partial charge in [-0.1, -0.05) is 0 Å². The van der Waals surface area contributed by atoms with Gasteiger partial charge in [0.25, 0.3) is 5.91 Å².